The van der Waals surface area contributed by atoms with Crippen molar-refractivity contribution in [3.05, 3.63) is 35.4 Å². The number of aliphatic hydroxyl groups excluding tert-OH is 1. The Bertz CT molecular complexity index is 592. The fraction of sp³-hybridized carbons (Fsp3) is 0.533. The molecule has 0 radical (unpaired) electrons. The van der Waals surface area contributed by atoms with Crippen molar-refractivity contribution in [2.45, 2.75) is 37.0 Å². The van der Waals surface area contributed by atoms with E-state index in [2.05, 4.69) is 5.32 Å². The van der Waals surface area contributed by atoms with Gasteiger partial charge in [-0.1, -0.05) is 18.2 Å². The minimum absolute atomic E-state index is 0.0830. The number of hydrogen-bond donors (Lipinski definition) is 2. The van der Waals surface area contributed by atoms with Crippen LogP contribution in [0.15, 0.2) is 24.3 Å². The summed E-state index contributed by atoms with van der Waals surface area (Å²) in [4.78, 5) is 12.1. The first-order chi connectivity index (χ1) is 10.9. The van der Waals surface area contributed by atoms with Crippen molar-refractivity contribution in [1.82, 2.24) is 5.32 Å². The van der Waals surface area contributed by atoms with Gasteiger partial charge < -0.3 is 19.9 Å². The Hall–Kier alpha value is -1.64. The highest BCUT2D eigenvalue weighted by Crippen LogP contribution is 2.32. The average Bonchev–Trinajstić information content (AvgIpc) is 3.03. The normalized spacial score (nSPS) is 30.3. The van der Waals surface area contributed by atoms with Crippen LogP contribution in [0.25, 0.3) is 0 Å². The molecule has 2 saturated heterocycles. The van der Waals surface area contributed by atoms with Gasteiger partial charge in [-0.3, -0.25) is 4.79 Å². The molecule has 2 N–H and O–H groups in total. The molecule has 1 aromatic carbocycles. The Morgan fingerprint density at radius 1 is 1.22 bits per heavy atom. The third kappa shape index (κ3) is 3.34. The monoisotopic (exact) mass is 331 g/mol. The molecule has 2 aliphatic heterocycles. The van der Waals surface area contributed by atoms with Gasteiger partial charge in [0.25, 0.3) is 0 Å². The van der Waals surface area contributed by atoms with E-state index in [1.54, 1.807) is 0 Å². The first-order valence-corrected chi connectivity index (χ1v) is 7.22. The van der Waals surface area contributed by atoms with Crippen LogP contribution >= 0.6 is 0 Å². The predicted octanol–water partition coefficient (Wildman–Crippen LogP) is 0.891. The van der Waals surface area contributed by atoms with Crippen LogP contribution in [0.2, 0.25) is 0 Å². The molecule has 2 fully saturated rings. The Balaban J connectivity index is 1.65. The molecule has 0 aromatic heterocycles. The maximum absolute atomic E-state index is 12.9. The molecule has 3 rings (SSSR count). The summed E-state index contributed by atoms with van der Waals surface area (Å²) in [6, 6.07) is 4.51. The lowest BCUT2D eigenvalue weighted by atomic mass is 10.0. The number of ether oxygens (including phenoxy) is 2. The summed E-state index contributed by atoms with van der Waals surface area (Å²) in [6.07, 6.45) is -6.59. The fourth-order valence-electron chi connectivity index (χ4n) is 2.98. The van der Waals surface area contributed by atoms with Crippen LogP contribution in [-0.2, 0) is 26.9 Å². The van der Waals surface area contributed by atoms with E-state index in [0.29, 0.717) is 0 Å². The highest BCUT2D eigenvalue weighted by Gasteiger charge is 2.47. The van der Waals surface area contributed by atoms with E-state index in [-0.39, 0.29) is 25.2 Å². The lowest BCUT2D eigenvalue weighted by Crippen LogP contribution is -2.44. The summed E-state index contributed by atoms with van der Waals surface area (Å²) in [6.45, 7) is 0.289. The zero-order chi connectivity index (χ0) is 16.6. The molecule has 5 nitrogen and oxygen atoms in total. The number of hydrogen-bond acceptors (Lipinski definition) is 4. The third-order valence-corrected chi connectivity index (χ3v) is 4.05. The Kier molecular flexibility index (Phi) is 4.31. The van der Waals surface area contributed by atoms with Crippen molar-refractivity contribution in [2.75, 3.05) is 13.2 Å². The molecule has 126 valence electrons. The lowest BCUT2D eigenvalue weighted by Gasteiger charge is -2.18. The zero-order valence-electron chi connectivity index (χ0n) is 12.0. The number of rotatable bonds is 3. The van der Waals surface area contributed by atoms with Gasteiger partial charge in [0.1, 0.15) is 18.3 Å². The van der Waals surface area contributed by atoms with Gasteiger partial charge in [0.2, 0.25) is 5.91 Å². The molecule has 0 saturated carbocycles. The summed E-state index contributed by atoms with van der Waals surface area (Å²) in [5, 5.41) is 12.3. The number of carbonyl (C=O) groups is 1. The number of nitrogens with one attached hydrogen (secondary N) is 1. The van der Waals surface area contributed by atoms with Crippen LogP contribution in [0.3, 0.4) is 0 Å². The van der Waals surface area contributed by atoms with E-state index >= 15 is 0 Å². The third-order valence-electron chi connectivity index (χ3n) is 4.05. The number of fused-ring (bicyclic) bond motifs is 1. The minimum Gasteiger partial charge on any atom is -0.388 e. The van der Waals surface area contributed by atoms with Gasteiger partial charge in [0.15, 0.2) is 0 Å². The maximum atomic E-state index is 12.9. The number of carbonyl (C=O) groups excluding carboxylic acids is 1. The van der Waals surface area contributed by atoms with Crippen LogP contribution in [-0.4, -0.2) is 48.6 Å². The van der Waals surface area contributed by atoms with Crippen LogP contribution in [0.4, 0.5) is 13.2 Å². The number of amides is 1. The summed E-state index contributed by atoms with van der Waals surface area (Å²) in [5.74, 6) is -0.541. The second-order valence-corrected chi connectivity index (χ2v) is 5.67. The molecular formula is C15H16F3NO4. The van der Waals surface area contributed by atoms with Crippen molar-refractivity contribution in [2.24, 2.45) is 0 Å². The molecule has 8 heteroatoms. The van der Waals surface area contributed by atoms with Crippen molar-refractivity contribution in [3.63, 3.8) is 0 Å². The summed E-state index contributed by atoms with van der Waals surface area (Å²) < 4.78 is 49.5. The van der Waals surface area contributed by atoms with Gasteiger partial charge in [-0.25, -0.2) is 0 Å². The van der Waals surface area contributed by atoms with Gasteiger partial charge in [-0.05, 0) is 11.6 Å². The molecule has 1 amide bonds. The van der Waals surface area contributed by atoms with Gasteiger partial charge in [-0.15, -0.1) is 0 Å². The largest absolute Gasteiger partial charge is 0.416 e. The standard InChI is InChI=1S/C15H16F3NO4/c16-15(17,18)9-4-2-1-3-8(9)5-12(21)19-10-6-22-14-11(20)7-23-13(10)14/h1-4,10-11,13-14,20H,5-7H2,(H,19,21)/t10-,11-,13+,14+/m0/s1. The number of alkyl halides is 3. The second kappa shape index (κ2) is 6.10. The molecular weight excluding hydrogens is 315 g/mol. The first kappa shape index (κ1) is 16.2. The highest BCUT2D eigenvalue weighted by atomic mass is 19.4. The van der Waals surface area contributed by atoms with Crippen LogP contribution in [0.5, 0.6) is 0 Å². The second-order valence-electron chi connectivity index (χ2n) is 5.67. The lowest BCUT2D eigenvalue weighted by molar-refractivity contribution is -0.138. The molecule has 2 aliphatic rings. The summed E-state index contributed by atoms with van der Waals surface area (Å²) in [7, 11) is 0. The number of aliphatic hydroxyl groups is 1. The molecule has 0 bridgehead atoms. The number of halogens is 3. The minimum atomic E-state index is -4.50. The van der Waals surface area contributed by atoms with Gasteiger partial charge in [0.05, 0.1) is 31.2 Å². The zero-order valence-corrected chi connectivity index (χ0v) is 12.0. The Morgan fingerprint density at radius 2 is 1.91 bits per heavy atom. The molecule has 2 heterocycles. The highest BCUT2D eigenvalue weighted by molar-refractivity contribution is 5.79. The first-order valence-electron chi connectivity index (χ1n) is 7.22. The maximum Gasteiger partial charge on any atom is 0.416 e. The van der Waals surface area contributed by atoms with E-state index in [1.165, 1.54) is 18.2 Å². The van der Waals surface area contributed by atoms with Gasteiger partial charge in [-0.2, -0.15) is 13.2 Å². The van der Waals surface area contributed by atoms with Crippen molar-refractivity contribution in [1.29, 1.82) is 0 Å². The van der Waals surface area contributed by atoms with E-state index in [4.69, 9.17) is 9.47 Å². The van der Waals surface area contributed by atoms with Gasteiger partial charge in [0, 0.05) is 0 Å². The van der Waals surface area contributed by atoms with E-state index in [9.17, 15) is 23.1 Å². The van der Waals surface area contributed by atoms with Crippen LogP contribution in [0, 0.1) is 0 Å². The number of benzene rings is 1. The molecule has 0 aliphatic carbocycles. The van der Waals surface area contributed by atoms with Crippen molar-refractivity contribution >= 4 is 5.91 Å². The topological polar surface area (TPSA) is 67.8 Å². The predicted molar refractivity (Wildman–Crippen MR) is 72.6 cm³/mol. The fourth-order valence-corrected chi connectivity index (χ4v) is 2.98. The smallest absolute Gasteiger partial charge is 0.388 e. The molecule has 1 aromatic rings. The Morgan fingerprint density at radius 3 is 2.65 bits per heavy atom. The molecule has 23 heavy (non-hydrogen) atoms. The van der Waals surface area contributed by atoms with E-state index < -0.39 is 42.0 Å². The van der Waals surface area contributed by atoms with Gasteiger partial charge >= 0.3 is 6.18 Å². The Labute approximate surface area is 130 Å². The summed E-state index contributed by atoms with van der Waals surface area (Å²) >= 11 is 0. The molecule has 4 atom stereocenters. The van der Waals surface area contributed by atoms with E-state index in [0.717, 1.165) is 6.07 Å². The van der Waals surface area contributed by atoms with Crippen LogP contribution in [0.1, 0.15) is 11.1 Å². The van der Waals surface area contributed by atoms with Crippen LogP contribution < -0.4 is 5.32 Å². The van der Waals surface area contributed by atoms with Crippen molar-refractivity contribution in [3.8, 4) is 0 Å². The average molecular weight is 331 g/mol. The summed E-state index contributed by atoms with van der Waals surface area (Å²) in [5.41, 5.74) is -0.899. The van der Waals surface area contributed by atoms with Crippen molar-refractivity contribution < 1.29 is 32.5 Å². The quantitative estimate of drug-likeness (QED) is 0.863. The molecule has 0 unspecified atom stereocenters. The van der Waals surface area contributed by atoms with E-state index in [1.807, 2.05) is 0 Å². The SMILES string of the molecule is O=C(Cc1ccccc1C(F)(F)F)N[C@H]1CO[C@H]2[C@@H]1OC[C@@H]2O. The molecule has 0 spiro atoms.